The summed E-state index contributed by atoms with van der Waals surface area (Å²) in [6, 6.07) is 22.9. The number of para-hydroxylation sites is 1. The number of amides is 1. The van der Waals surface area contributed by atoms with Gasteiger partial charge in [0.25, 0.3) is 5.91 Å². The topological polar surface area (TPSA) is 66.8 Å². The van der Waals surface area contributed by atoms with E-state index in [1.165, 1.54) is 4.90 Å². The van der Waals surface area contributed by atoms with Gasteiger partial charge in [-0.25, -0.2) is 4.79 Å². The summed E-state index contributed by atoms with van der Waals surface area (Å²) in [4.78, 5) is 26.7. The zero-order valence-corrected chi connectivity index (χ0v) is 16.0. The predicted molar refractivity (Wildman–Crippen MR) is 109 cm³/mol. The molecule has 0 aliphatic carbocycles. The highest BCUT2D eigenvalue weighted by molar-refractivity contribution is 5.97. The Hall–Kier alpha value is -3.60. The second kappa shape index (κ2) is 7.80. The molecule has 5 nitrogen and oxygen atoms in total. The summed E-state index contributed by atoms with van der Waals surface area (Å²) in [5, 5.41) is 9.83. The number of hydrogen-bond acceptors (Lipinski definition) is 3. The van der Waals surface area contributed by atoms with E-state index in [-0.39, 0.29) is 18.4 Å². The molecule has 3 aromatic rings. The third-order valence-electron chi connectivity index (χ3n) is 5.27. The van der Waals surface area contributed by atoms with Crippen LogP contribution in [0.15, 0.2) is 78.9 Å². The molecule has 146 valence electrons. The summed E-state index contributed by atoms with van der Waals surface area (Å²) in [5.41, 5.74) is 2.35. The van der Waals surface area contributed by atoms with E-state index in [4.69, 9.17) is 4.74 Å². The van der Waals surface area contributed by atoms with Gasteiger partial charge in [-0.1, -0.05) is 55.5 Å². The summed E-state index contributed by atoms with van der Waals surface area (Å²) >= 11 is 0. The summed E-state index contributed by atoms with van der Waals surface area (Å²) in [7, 11) is 0. The molecule has 1 N–H and O–H groups in total. The molecule has 2 unspecified atom stereocenters. The molecular weight excluding hydrogens is 366 g/mol. The zero-order chi connectivity index (χ0) is 20.4. The number of rotatable bonds is 4. The standard InChI is InChI=1S/C24H21NO4/c1-16-21-13-6-5-8-18(21)15-25(22(16)24(27)28)23(26)17-9-7-12-20(14-17)29-19-10-3-2-4-11-19/h2-14,16,22H,15H2,1H3,(H,27,28). The molecule has 0 saturated carbocycles. The first-order valence-corrected chi connectivity index (χ1v) is 9.49. The number of aliphatic carboxylic acids is 1. The molecule has 4 rings (SSSR count). The maximum Gasteiger partial charge on any atom is 0.327 e. The SMILES string of the molecule is CC1c2ccccc2CN(C(=O)c2cccc(Oc3ccccc3)c2)C1C(=O)O. The number of hydrogen-bond donors (Lipinski definition) is 1. The molecule has 3 aromatic carbocycles. The van der Waals surface area contributed by atoms with Gasteiger partial charge in [-0.2, -0.15) is 0 Å². The van der Waals surface area contributed by atoms with E-state index in [9.17, 15) is 14.7 Å². The monoisotopic (exact) mass is 387 g/mol. The van der Waals surface area contributed by atoms with Gasteiger partial charge in [0.05, 0.1) is 0 Å². The predicted octanol–water partition coefficient (Wildman–Crippen LogP) is 4.69. The minimum Gasteiger partial charge on any atom is -0.480 e. The summed E-state index contributed by atoms with van der Waals surface area (Å²) in [6.07, 6.45) is 0. The second-order valence-corrected chi connectivity index (χ2v) is 7.15. The Kier molecular flexibility index (Phi) is 5.04. The van der Waals surface area contributed by atoms with E-state index in [2.05, 4.69) is 0 Å². The Bertz CT molecular complexity index is 1050. The van der Waals surface area contributed by atoms with Gasteiger partial charge in [0.15, 0.2) is 0 Å². The average Bonchev–Trinajstić information content (AvgIpc) is 2.74. The Morgan fingerprint density at radius 3 is 2.38 bits per heavy atom. The molecule has 29 heavy (non-hydrogen) atoms. The molecule has 0 fully saturated rings. The van der Waals surface area contributed by atoms with E-state index < -0.39 is 12.0 Å². The van der Waals surface area contributed by atoms with Crippen LogP contribution in [0.1, 0.15) is 34.3 Å². The fourth-order valence-corrected chi connectivity index (χ4v) is 3.87. The number of carbonyl (C=O) groups excluding carboxylic acids is 1. The average molecular weight is 387 g/mol. The van der Waals surface area contributed by atoms with Crippen molar-refractivity contribution in [3.05, 3.63) is 95.6 Å². The molecule has 1 amide bonds. The molecule has 0 saturated heterocycles. The minimum atomic E-state index is -1.00. The second-order valence-electron chi connectivity index (χ2n) is 7.15. The zero-order valence-electron chi connectivity index (χ0n) is 16.0. The van der Waals surface area contributed by atoms with Crippen molar-refractivity contribution >= 4 is 11.9 Å². The lowest BCUT2D eigenvalue weighted by Gasteiger charge is -2.38. The summed E-state index contributed by atoms with van der Waals surface area (Å²) in [5.74, 6) is -0.431. The molecule has 1 aliphatic rings. The van der Waals surface area contributed by atoms with Gasteiger partial charge < -0.3 is 14.7 Å². The number of carboxylic acid groups (broad SMARTS) is 1. The van der Waals surface area contributed by atoms with Crippen LogP contribution in [0.25, 0.3) is 0 Å². The van der Waals surface area contributed by atoms with Gasteiger partial charge in [-0.05, 0) is 41.5 Å². The molecule has 0 spiro atoms. The first-order valence-electron chi connectivity index (χ1n) is 9.49. The van der Waals surface area contributed by atoms with Crippen molar-refractivity contribution in [1.29, 1.82) is 0 Å². The third kappa shape index (κ3) is 3.72. The van der Waals surface area contributed by atoms with E-state index >= 15 is 0 Å². The summed E-state index contributed by atoms with van der Waals surface area (Å²) in [6.45, 7) is 2.12. The Labute approximate surface area is 169 Å². The van der Waals surface area contributed by atoms with Crippen LogP contribution in [-0.4, -0.2) is 27.9 Å². The van der Waals surface area contributed by atoms with Gasteiger partial charge in [-0.15, -0.1) is 0 Å². The number of nitrogens with zero attached hydrogens (tertiary/aromatic N) is 1. The van der Waals surface area contributed by atoms with Gasteiger partial charge in [-0.3, -0.25) is 4.79 Å². The van der Waals surface area contributed by atoms with E-state index in [0.717, 1.165) is 11.1 Å². The van der Waals surface area contributed by atoms with Crippen LogP contribution in [-0.2, 0) is 11.3 Å². The van der Waals surface area contributed by atoms with Crippen molar-refractivity contribution in [2.75, 3.05) is 0 Å². The van der Waals surface area contributed by atoms with Crippen LogP contribution in [0.4, 0.5) is 0 Å². The highest BCUT2D eigenvalue weighted by atomic mass is 16.5. The fourth-order valence-electron chi connectivity index (χ4n) is 3.87. The molecular formula is C24H21NO4. The van der Waals surface area contributed by atoms with Gasteiger partial charge in [0.1, 0.15) is 17.5 Å². The van der Waals surface area contributed by atoms with Gasteiger partial charge in [0, 0.05) is 18.0 Å². The molecule has 2 atom stereocenters. The number of carbonyl (C=O) groups is 2. The van der Waals surface area contributed by atoms with Crippen LogP contribution in [0.3, 0.4) is 0 Å². The van der Waals surface area contributed by atoms with Gasteiger partial charge >= 0.3 is 5.97 Å². The van der Waals surface area contributed by atoms with E-state index in [0.29, 0.717) is 17.1 Å². The lowest BCUT2D eigenvalue weighted by Crippen LogP contribution is -2.50. The van der Waals surface area contributed by atoms with Gasteiger partial charge in [0.2, 0.25) is 0 Å². The Morgan fingerprint density at radius 1 is 0.931 bits per heavy atom. The fraction of sp³-hybridized carbons (Fsp3) is 0.167. The number of benzene rings is 3. The van der Waals surface area contributed by atoms with Crippen LogP contribution in [0, 0.1) is 0 Å². The number of ether oxygens (including phenoxy) is 1. The molecule has 5 heteroatoms. The Balaban J connectivity index is 1.65. The largest absolute Gasteiger partial charge is 0.480 e. The van der Waals surface area contributed by atoms with Crippen molar-refractivity contribution in [2.24, 2.45) is 0 Å². The van der Waals surface area contributed by atoms with Crippen molar-refractivity contribution in [3.8, 4) is 11.5 Å². The normalized spacial score (nSPS) is 18.0. The van der Waals surface area contributed by atoms with Crippen molar-refractivity contribution in [3.63, 3.8) is 0 Å². The number of fused-ring (bicyclic) bond motifs is 1. The van der Waals surface area contributed by atoms with Crippen molar-refractivity contribution < 1.29 is 19.4 Å². The quantitative estimate of drug-likeness (QED) is 0.705. The molecule has 0 bridgehead atoms. The van der Waals surface area contributed by atoms with Crippen LogP contribution in [0.5, 0.6) is 11.5 Å². The first-order chi connectivity index (χ1) is 14.0. The van der Waals surface area contributed by atoms with Crippen LogP contribution < -0.4 is 4.74 Å². The number of carboxylic acids is 1. The highest BCUT2D eigenvalue weighted by Crippen LogP contribution is 2.34. The van der Waals surface area contributed by atoms with E-state index in [1.54, 1.807) is 24.3 Å². The molecule has 0 radical (unpaired) electrons. The smallest absolute Gasteiger partial charge is 0.327 e. The molecule has 0 aromatic heterocycles. The highest BCUT2D eigenvalue weighted by Gasteiger charge is 2.40. The summed E-state index contributed by atoms with van der Waals surface area (Å²) < 4.78 is 5.82. The van der Waals surface area contributed by atoms with Crippen molar-refractivity contribution in [2.45, 2.75) is 25.4 Å². The lowest BCUT2D eigenvalue weighted by molar-refractivity contribution is -0.143. The molecule has 1 heterocycles. The van der Waals surface area contributed by atoms with E-state index in [1.807, 2.05) is 61.5 Å². The van der Waals surface area contributed by atoms with Crippen molar-refractivity contribution in [1.82, 2.24) is 4.90 Å². The maximum atomic E-state index is 13.3. The first kappa shape index (κ1) is 18.7. The van der Waals surface area contributed by atoms with Crippen LogP contribution in [0.2, 0.25) is 0 Å². The third-order valence-corrected chi connectivity index (χ3v) is 5.27. The van der Waals surface area contributed by atoms with Crippen LogP contribution >= 0.6 is 0 Å². The maximum absolute atomic E-state index is 13.3. The lowest BCUT2D eigenvalue weighted by atomic mass is 9.84. The Morgan fingerprint density at radius 2 is 1.62 bits per heavy atom. The minimum absolute atomic E-state index is 0.264. The molecule has 1 aliphatic heterocycles.